The van der Waals surface area contributed by atoms with Crippen LogP contribution in [0.4, 0.5) is 0 Å². The van der Waals surface area contributed by atoms with Gasteiger partial charge in [-0.1, -0.05) is 20.8 Å². The first-order valence-electron chi connectivity index (χ1n) is 6.29. The Kier molecular flexibility index (Phi) is 4.54. The molecule has 1 aromatic heterocycles. The van der Waals surface area contributed by atoms with E-state index in [0.29, 0.717) is 13.0 Å². The summed E-state index contributed by atoms with van der Waals surface area (Å²) in [6.07, 6.45) is 0.632. The zero-order valence-electron chi connectivity index (χ0n) is 12.2. The Morgan fingerprint density at radius 3 is 2.39 bits per heavy atom. The van der Waals surface area contributed by atoms with Crippen LogP contribution in [-0.2, 0) is 21.4 Å². The maximum absolute atomic E-state index is 11.8. The molecule has 3 nitrogen and oxygen atoms in total. The van der Waals surface area contributed by atoms with Gasteiger partial charge in [0.1, 0.15) is 0 Å². The molecule has 0 aliphatic heterocycles. The highest BCUT2D eigenvalue weighted by Gasteiger charge is 2.31. The Morgan fingerprint density at radius 2 is 1.94 bits per heavy atom. The summed E-state index contributed by atoms with van der Waals surface area (Å²) >= 11 is 1.62. The minimum Gasteiger partial charge on any atom is -0.466 e. The van der Waals surface area contributed by atoms with Crippen molar-refractivity contribution in [2.75, 3.05) is 6.61 Å². The quantitative estimate of drug-likeness (QED) is 0.784. The molecule has 1 rings (SSSR count). The molecule has 0 saturated carbocycles. The molecule has 0 atom stereocenters. The van der Waals surface area contributed by atoms with E-state index in [1.54, 1.807) is 11.3 Å². The topological polar surface area (TPSA) is 39.2 Å². The largest absolute Gasteiger partial charge is 0.466 e. The Labute approximate surface area is 114 Å². The van der Waals surface area contributed by atoms with Gasteiger partial charge in [0.05, 0.1) is 22.7 Å². The van der Waals surface area contributed by atoms with Gasteiger partial charge in [0.15, 0.2) is 0 Å². The number of aromatic nitrogens is 1. The summed E-state index contributed by atoms with van der Waals surface area (Å²) in [5.74, 6) is -0.155. The van der Waals surface area contributed by atoms with Crippen LogP contribution < -0.4 is 0 Å². The number of thiazole rings is 1. The van der Waals surface area contributed by atoms with Crippen molar-refractivity contribution in [1.29, 1.82) is 0 Å². The molecule has 4 heteroatoms. The van der Waals surface area contributed by atoms with E-state index in [2.05, 4.69) is 31.1 Å². The molecule has 0 aromatic carbocycles. The third kappa shape index (κ3) is 3.80. The normalized spacial score (nSPS) is 12.6. The van der Waals surface area contributed by atoms with Gasteiger partial charge in [0, 0.05) is 17.2 Å². The molecule has 0 saturated heterocycles. The molecule has 0 radical (unpaired) electrons. The second-order valence-electron chi connectivity index (χ2n) is 6.16. The van der Waals surface area contributed by atoms with E-state index in [1.807, 2.05) is 20.8 Å². The van der Waals surface area contributed by atoms with Crippen LogP contribution in [0.3, 0.4) is 0 Å². The van der Waals surface area contributed by atoms with E-state index in [4.69, 9.17) is 4.74 Å². The Balaban J connectivity index is 2.79. The van der Waals surface area contributed by atoms with Crippen molar-refractivity contribution < 1.29 is 9.53 Å². The second kappa shape index (κ2) is 5.39. The number of nitrogens with zero attached hydrogens (tertiary/aromatic N) is 1. The zero-order chi connectivity index (χ0) is 14.0. The molecule has 18 heavy (non-hydrogen) atoms. The summed E-state index contributed by atoms with van der Waals surface area (Å²) in [6, 6.07) is 0. The van der Waals surface area contributed by atoms with E-state index in [0.717, 1.165) is 10.7 Å². The van der Waals surface area contributed by atoms with Crippen molar-refractivity contribution in [3.63, 3.8) is 0 Å². The van der Waals surface area contributed by atoms with E-state index in [-0.39, 0.29) is 11.4 Å². The molecule has 1 aromatic rings. The predicted molar refractivity (Wildman–Crippen MR) is 74.9 cm³/mol. The van der Waals surface area contributed by atoms with Crippen molar-refractivity contribution in [3.05, 3.63) is 16.1 Å². The fraction of sp³-hybridized carbons (Fsp3) is 0.714. The number of ether oxygens (including phenoxy) is 1. The van der Waals surface area contributed by atoms with Crippen LogP contribution in [0.1, 0.15) is 52.2 Å². The smallest absolute Gasteiger partial charge is 0.311 e. The molecule has 0 spiro atoms. The first kappa shape index (κ1) is 15.2. The van der Waals surface area contributed by atoms with Crippen molar-refractivity contribution in [2.45, 2.75) is 53.4 Å². The van der Waals surface area contributed by atoms with Crippen LogP contribution in [0.25, 0.3) is 0 Å². The lowest BCUT2D eigenvalue weighted by Crippen LogP contribution is -2.29. The first-order chi connectivity index (χ1) is 8.16. The molecule has 0 bridgehead atoms. The van der Waals surface area contributed by atoms with E-state index in [1.165, 1.54) is 0 Å². The Bertz CT molecular complexity index is 416. The summed E-state index contributed by atoms with van der Waals surface area (Å²) in [5.41, 5.74) is 0.633. The summed E-state index contributed by atoms with van der Waals surface area (Å²) in [4.78, 5) is 16.4. The van der Waals surface area contributed by atoms with E-state index < -0.39 is 5.41 Å². The molecule has 0 aliphatic rings. The lowest BCUT2D eigenvalue weighted by molar-refractivity contribution is -0.153. The molecule has 0 N–H and O–H groups in total. The van der Waals surface area contributed by atoms with Crippen LogP contribution >= 0.6 is 11.3 Å². The van der Waals surface area contributed by atoms with Gasteiger partial charge in [0.2, 0.25) is 0 Å². The number of carbonyl (C=O) groups is 1. The first-order valence-corrected chi connectivity index (χ1v) is 7.17. The summed E-state index contributed by atoms with van der Waals surface area (Å²) in [7, 11) is 0. The lowest BCUT2D eigenvalue weighted by atomic mass is 9.89. The fourth-order valence-corrected chi connectivity index (χ4v) is 2.76. The Morgan fingerprint density at radius 1 is 1.33 bits per heavy atom. The van der Waals surface area contributed by atoms with E-state index in [9.17, 15) is 4.79 Å². The average Bonchev–Trinajstić information content (AvgIpc) is 2.65. The van der Waals surface area contributed by atoms with Gasteiger partial charge in [-0.2, -0.15) is 0 Å². The number of hydrogen-bond donors (Lipinski definition) is 0. The van der Waals surface area contributed by atoms with Crippen molar-refractivity contribution in [3.8, 4) is 0 Å². The van der Waals surface area contributed by atoms with Gasteiger partial charge in [-0.3, -0.25) is 4.79 Å². The number of hydrogen-bond acceptors (Lipinski definition) is 4. The Hall–Kier alpha value is -0.900. The molecule has 1 heterocycles. The lowest BCUT2D eigenvalue weighted by Gasteiger charge is -2.21. The van der Waals surface area contributed by atoms with Gasteiger partial charge in [-0.15, -0.1) is 11.3 Å². The highest BCUT2D eigenvalue weighted by molar-refractivity contribution is 7.09. The molecule has 0 unspecified atom stereocenters. The van der Waals surface area contributed by atoms with Crippen LogP contribution in [0.5, 0.6) is 0 Å². The summed E-state index contributed by atoms with van der Waals surface area (Å²) in [6.45, 7) is 12.5. The zero-order valence-corrected chi connectivity index (χ0v) is 13.0. The van der Waals surface area contributed by atoms with Gasteiger partial charge in [0.25, 0.3) is 0 Å². The van der Waals surface area contributed by atoms with Crippen molar-refractivity contribution in [2.24, 2.45) is 5.41 Å². The van der Waals surface area contributed by atoms with Crippen LogP contribution in [0.15, 0.2) is 5.38 Å². The highest BCUT2D eigenvalue weighted by atomic mass is 32.1. The molecular formula is C14H23NO2S. The summed E-state index contributed by atoms with van der Waals surface area (Å²) in [5, 5.41) is 3.08. The van der Waals surface area contributed by atoms with Crippen LogP contribution in [0, 0.1) is 5.41 Å². The molecular weight excluding hydrogens is 246 g/mol. The third-order valence-electron chi connectivity index (χ3n) is 2.74. The molecule has 0 amide bonds. The molecule has 102 valence electrons. The van der Waals surface area contributed by atoms with Crippen molar-refractivity contribution in [1.82, 2.24) is 4.98 Å². The minimum absolute atomic E-state index is 0.0584. The standard InChI is InChI=1S/C14H23NO2S/c1-7-17-12(16)14(5,6)8-11-15-10(9-18-11)13(2,3)4/h9H,7-8H2,1-6H3. The number of carbonyl (C=O) groups excluding carboxylic acids is 1. The van der Waals surface area contributed by atoms with Crippen molar-refractivity contribution >= 4 is 17.3 Å². The fourth-order valence-electron chi connectivity index (χ4n) is 1.51. The van der Waals surface area contributed by atoms with Crippen LogP contribution in [-0.4, -0.2) is 17.6 Å². The highest BCUT2D eigenvalue weighted by Crippen LogP contribution is 2.29. The van der Waals surface area contributed by atoms with Gasteiger partial charge in [-0.25, -0.2) is 4.98 Å². The predicted octanol–water partition coefficient (Wildman–Crippen LogP) is 3.57. The van der Waals surface area contributed by atoms with Gasteiger partial charge >= 0.3 is 5.97 Å². The second-order valence-corrected chi connectivity index (χ2v) is 7.10. The maximum Gasteiger partial charge on any atom is 0.311 e. The van der Waals surface area contributed by atoms with E-state index >= 15 is 0 Å². The third-order valence-corrected chi connectivity index (χ3v) is 3.59. The van der Waals surface area contributed by atoms with Gasteiger partial charge in [-0.05, 0) is 20.8 Å². The monoisotopic (exact) mass is 269 g/mol. The number of esters is 1. The van der Waals surface area contributed by atoms with Crippen LogP contribution in [0.2, 0.25) is 0 Å². The number of rotatable bonds is 4. The minimum atomic E-state index is -0.511. The summed E-state index contributed by atoms with van der Waals surface area (Å²) < 4.78 is 5.09. The SMILES string of the molecule is CCOC(=O)C(C)(C)Cc1nc(C(C)(C)C)cs1. The average molecular weight is 269 g/mol. The van der Waals surface area contributed by atoms with Gasteiger partial charge < -0.3 is 4.74 Å². The molecule has 0 fully saturated rings. The maximum atomic E-state index is 11.8. The molecule has 0 aliphatic carbocycles.